The summed E-state index contributed by atoms with van der Waals surface area (Å²) in [7, 11) is -0.180. The van der Waals surface area contributed by atoms with Crippen LogP contribution < -0.4 is 14.8 Å². The molecule has 7 heteroatoms. The van der Waals surface area contributed by atoms with E-state index in [1.807, 2.05) is 60.5 Å². The topological polar surface area (TPSA) is 67.9 Å². The Balaban J connectivity index is 1.56. The van der Waals surface area contributed by atoms with Gasteiger partial charge in [0.15, 0.2) is 21.3 Å². The van der Waals surface area contributed by atoms with Crippen molar-refractivity contribution in [2.75, 3.05) is 32.6 Å². The van der Waals surface area contributed by atoms with Gasteiger partial charge < -0.3 is 14.8 Å². The Morgan fingerprint density at radius 3 is 2.39 bits per heavy atom. The van der Waals surface area contributed by atoms with Crippen molar-refractivity contribution in [3.63, 3.8) is 0 Å². The largest absolute Gasteiger partial charge is 0.493 e. The van der Waals surface area contributed by atoms with Gasteiger partial charge in [0.25, 0.3) is 0 Å². The van der Waals surface area contributed by atoms with Crippen molar-refractivity contribution >= 4 is 15.5 Å². The molecule has 1 heterocycles. The maximum atomic E-state index is 13.8. The summed E-state index contributed by atoms with van der Waals surface area (Å²) in [6.45, 7) is 0.773. The minimum absolute atomic E-state index is 0.249. The predicted octanol–water partition coefficient (Wildman–Crippen LogP) is 4.23. The molecule has 1 N–H and O–H groups in total. The van der Waals surface area contributed by atoms with E-state index in [1.54, 1.807) is 31.4 Å². The van der Waals surface area contributed by atoms with Gasteiger partial charge in [0, 0.05) is 12.2 Å². The number of para-hydroxylation sites is 3. The Morgan fingerprint density at radius 1 is 0.970 bits per heavy atom. The molecule has 3 aromatic rings. The van der Waals surface area contributed by atoms with E-state index in [2.05, 4.69) is 11.4 Å². The maximum Gasteiger partial charge on any atom is 0.196 e. The highest BCUT2D eigenvalue weighted by molar-refractivity contribution is 7.92. The standard InChI is InChI=1S/C26H30N2O4S/c1-28(18-19-32-25-15-9-8-14-24(25)31-2)26(33(29,30)21-11-4-3-5-12-21)23-17-16-20-10-6-7-13-22(20)27-23/h3-15,23,26-27H,16-19H2,1-2H3. The molecule has 0 radical (unpaired) electrons. The van der Waals surface area contributed by atoms with Crippen LogP contribution in [0, 0.1) is 0 Å². The van der Waals surface area contributed by atoms with Crippen molar-refractivity contribution in [3.05, 3.63) is 84.4 Å². The summed E-state index contributed by atoms with van der Waals surface area (Å²) in [6.07, 6.45) is 1.56. The SMILES string of the molecule is COc1ccccc1OCCN(C)C(C1CCc2ccccc2N1)S(=O)(=O)c1ccccc1. The molecule has 2 atom stereocenters. The van der Waals surface area contributed by atoms with Crippen LogP contribution in [0.15, 0.2) is 83.8 Å². The molecular formula is C26H30N2O4S. The zero-order valence-electron chi connectivity index (χ0n) is 19.0. The molecule has 0 fully saturated rings. The number of sulfone groups is 1. The number of aryl methyl sites for hydroxylation is 1. The first-order chi connectivity index (χ1) is 16.0. The minimum atomic E-state index is -3.63. The third kappa shape index (κ3) is 5.15. The molecular weight excluding hydrogens is 436 g/mol. The van der Waals surface area contributed by atoms with Gasteiger partial charge in [-0.3, -0.25) is 4.90 Å². The zero-order chi connectivity index (χ0) is 23.3. The summed E-state index contributed by atoms with van der Waals surface area (Å²) in [6, 6.07) is 24.0. The predicted molar refractivity (Wildman–Crippen MR) is 131 cm³/mol. The lowest BCUT2D eigenvalue weighted by molar-refractivity contribution is 0.206. The zero-order valence-corrected chi connectivity index (χ0v) is 19.8. The normalized spacial score (nSPS) is 16.5. The van der Waals surface area contributed by atoms with Crippen LogP contribution in [0.4, 0.5) is 5.69 Å². The van der Waals surface area contributed by atoms with Crippen LogP contribution in [0.3, 0.4) is 0 Å². The number of likely N-dealkylation sites (N-methyl/N-ethyl adjacent to an activating group) is 1. The lowest BCUT2D eigenvalue weighted by Gasteiger charge is -2.37. The number of hydrogen-bond donors (Lipinski definition) is 1. The van der Waals surface area contributed by atoms with Gasteiger partial charge >= 0.3 is 0 Å². The fraction of sp³-hybridized carbons (Fsp3) is 0.308. The third-order valence-corrected chi connectivity index (χ3v) is 8.28. The molecule has 0 aliphatic carbocycles. The first kappa shape index (κ1) is 23.1. The summed E-state index contributed by atoms with van der Waals surface area (Å²) in [5, 5.41) is 2.76. The number of hydrogen-bond acceptors (Lipinski definition) is 6. The van der Waals surface area contributed by atoms with Crippen LogP contribution in [0.2, 0.25) is 0 Å². The monoisotopic (exact) mass is 466 g/mol. The Labute approximate surface area is 196 Å². The van der Waals surface area contributed by atoms with Crippen LogP contribution in [0.1, 0.15) is 12.0 Å². The number of nitrogens with one attached hydrogen (secondary N) is 1. The Morgan fingerprint density at radius 2 is 1.64 bits per heavy atom. The number of rotatable bonds is 9. The molecule has 1 aliphatic heterocycles. The minimum Gasteiger partial charge on any atom is -0.493 e. The Hall–Kier alpha value is -3.03. The first-order valence-corrected chi connectivity index (χ1v) is 12.6. The van der Waals surface area contributed by atoms with Crippen LogP contribution >= 0.6 is 0 Å². The number of methoxy groups -OCH3 is 1. The van der Waals surface area contributed by atoms with Crippen molar-refractivity contribution in [1.82, 2.24) is 4.90 Å². The van der Waals surface area contributed by atoms with Crippen molar-refractivity contribution < 1.29 is 17.9 Å². The highest BCUT2D eigenvalue weighted by atomic mass is 32.2. The van der Waals surface area contributed by atoms with E-state index in [0.717, 1.165) is 18.5 Å². The van der Waals surface area contributed by atoms with Crippen LogP contribution in [0.5, 0.6) is 11.5 Å². The molecule has 4 rings (SSSR count). The molecule has 174 valence electrons. The summed E-state index contributed by atoms with van der Waals surface area (Å²) in [5.41, 5.74) is 2.22. The van der Waals surface area contributed by atoms with E-state index >= 15 is 0 Å². The quantitative estimate of drug-likeness (QED) is 0.509. The number of benzene rings is 3. The van der Waals surface area contributed by atoms with Gasteiger partial charge in [-0.25, -0.2) is 8.42 Å². The van der Waals surface area contributed by atoms with Crippen molar-refractivity contribution in [3.8, 4) is 11.5 Å². The fourth-order valence-corrected chi connectivity index (χ4v) is 6.38. The number of ether oxygens (including phenoxy) is 2. The average Bonchev–Trinajstić information content (AvgIpc) is 2.85. The lowest BCUT2D eigenvalue weighted by atomic mass is 9.97. The second-order valence-corrected chi connectivity index (χ2v) is 10.2. The molecule has 0 spiro atoms. The first-order valence-electron chi connectivity index (χ1n) is 11.1. The highest BCUT2D eigenvalue weighted by Crippen LogP contribution is 2.31. The molecule has 0 saturated carbocycles. The molecule has 0 amide bonds. The second-order valence-electron chi connectivity index (χ2n) is 8.18. The van der Waals surface area contributed by atoms with E-state index in [1.165, 1.54) is 5.56 Å². The van der Waals surface area contributed by atoms with Gasteiger partial charge in [-0.2, -0.15) is 0 Å². The molecule has 2 unspecified atom stereocenters. The molecule has 0 bridgehead atoms. The van der Waals surface area contributed by atoms with Crippen LogP contribution in [-0.2, 0) is 16.3 Å². The van der Waals surface area contributed by atoms with Crippen molar-refractivity contribution in [1.29, 1.82) is 0 Å². The van der Waals surface area contributed by atoms with Crippen LogP contribution in [0.25, 0.3) is 0 Å². The van der Waals surface area contributed by atoms with E-state index in [4.69, 9.17) is 9.47 Å². The number of fused-ring (bicyclic) bond motifs is 1. The van der Waals surface area contributed by atoms with Gasteiger partial charge in [0.1, 0.15) is 12.0 Å². The van der Waals surface area contributed by atoms with Gasteiger partial charge in [0.2, 0.25) is 0 Å². The molecule has 1 aliphatic rings. The molecule has 0 aromatic heterocycles. The summed E-state index contributed by atoms with van der Waals surface area (Å²) >= 11 is 0. The summed E-state index contributed by atoms with van der Waals surface area (Å²) in [4.78, 5) is 2.21. The van der Waals surface area contributed by atoms with Crippen molar-refractivity contribution in [2.45, 2.75) is 29.2 Å². The molecule has 0 saturated heterocycles. The highest BCUT2D eigenvalue weighted by Gasteiger charge is 2.39. The Kier molecular flexibility index (Phi) is 7.20. The van der Waals surface area contributed by atoms with Gasteiger partial charge in [-0.05, 0) is 55.8 Å². The lowest BCUT2D eigenvalue weighted by Crippen LogP contribution is -2.52. The van der Waals surface area contributed by atoms with Crippen LogP contribution in [-0.4, -0.2) is 52.0 Å². The number of nitrogens with zero attached hydrogens (tertiary/aromatic N) is 1. The maximum absolute atomic E-state index is 13.8. The Bertz CT molecular complexity index is 1170. The smallest absolute Gasteiger partial charge is 0.196 e. The second kappa shape index (κ2) is 10.3. The molecule has 6 nitrogen and oxygen atoms in total. The number of anilines is 1. The third-order valence-electron chi connectivity index (χ3n) is 6.02. The summed E-state index contributed by atoms with van der Waals surface area (Å²) < 4.78 is 38.8. The van der Waals surface area contributed by atoms with E-state index in [9.17, 15) is 8.42 Å². The van der Waals surface area contributed by atoms with Gasteiger partial charge in [0.05, 0.1) is 18.0 Å². The molecule has 3 aromatic carbocycles. The fourth-order valence-electron chi connectivity index (χ4n) is 4.35. The van der Waals surface area contributed by atoms with Crippen molar-refractivity contribution in [2.24, 2.45) is 0 Å². The van der Waals surface area contributed by atoms with Gasteiger partial charge in [-0.15, -0.1) is 0 Å². The molecule has 33 heavy (non-hydrogen) atoms. The van der Waals surface area contributed by atoms with Gasteiger partial charge in [-0.1, -0.05) is 48.5 Å². The van der Waals surface area contributed by atoms with E-state index in [0.29, 0.717) is 29.5 Å². The van der Waals surface area contributed by atoms with E-state index < -0.39 is 15.2 Å². The average molecular weight is 467 g/mol. The summed E-state index contributed by atoms with van der Waals surface area (Å²) in [5.74, 6) is 1.29. The van der Waals surface area contributed by atoms with E-state index in [-0.39, 0.29) is 6.04 Å².